The second-order valence-corrected chi connectivity index (χ2v) is 8.53. The molecule has 0 fully saturated rings. The summed E-state index contributed by atoms with van der Waals surface area (Å²) < 4.78 is 35.7. The fourth-order valence-electron chi connectivity index (χ4n) is 2.60. The summed E-state index contributed by atoms with van der Waals surface area (Å²) in [6.45, 7) is 0. The van der Waals surface area contributed by atoms with Gasteiger partial charge in [-0.2, -0.15) is 0 Å². The Morgan fingerprint density at radius 3 is 2.24 bits per heavy atom. The molecule has 0 aliphatic heterocycles. The Balaban J connectivity index is 2.08. The number of esters is 1. The van der Waals surface area contributed by atoms with E-state index in [1.807, 2.05) is 0 Å². The highest BCUT2D eigenvalue weighted by atomic mass is 32.2. The molecule has 0 unspecified atom stereocenters. The number of hydrogen-bond donors (Lipinski definition) is 1. The van der Waals surface area contributed by atoms with E-state index in [2.05, 4.69) is 10.1 Å². The van der Waals surface area contributed by atoms with Crippen LogP contribution in [0.2, 0.25) is 0 Å². The third-order valence-corrected chi connectivity index (χ3v) is 6.05. The smallest absolute Gasteiger partial charge is 0.337 e. The second kappa shape index (κ2) is 9.53. The quantitative estimate of drug-likeness (QED) is 0.658. The van der Waals surface area contributed by atoms with Crippen molar-refractivity contribution in [2.75, 3.05) is 33.6 Å². The summed E-state index contributed by atoms with van der Waals surface area (Å²) in [5, 5.41) is 2.74. The minimum absolute atomic E-state index is 0.126. The van der Waals surface area contributed by atoms with Crippen molar-refractivity contribution in [2.45, 2.75) is 17.7 Å². The molecule has 0 aliphatic carbocycles. The Kier molecular flexibility index (Phi) is 7.35. The molecule has 0 spiro atoms. The molecule has 9 heteroatoms. The Morgan fingerprint density at radius 2 is 1.69 bits per heavy atom. The van der Waals surface area contributed by atoms with Crippen LogP contribution in [0.3, 0.4) is 0 Å². The van der Waals surface area contributed by atoms with Crippen molar-refractivity contribution in [2.24, 2.45) is 0 Å². The van der Waals surface area contributed by atoms with Crippen LogP contribution in [-0.4, -0.2) is 52.9 Å². The highest BCUT2D eigenvalue weighted by Gasteiger charge is 2.19. The van der Waals surface area contributed by atoms with E-state index in [0.717, 1.165) is 4.31 Å². The lowest BCUT2D eigenvalue weighted by Gasteiger charge is -2.14. The van der Waals surface area contributed by atoms with Crippen LogP contribution in [-0.2, 0) is 26.0 Å². The number of sulfonamides is 1. The van der Waals surface area contributed by atoms with Crippen molar-refractivity contribution in [3.63, 3.8) is 0 Å². The molecular formula is C20H24N2O6S. The van der Waals surface area contributed by atoms with E-state index in [0.29, 0.717) is 29.0 Å². The molecule has 2 rings (SSSR count). The van der Waals surface area contributed by atoms with Gasteiger partial charge in [0.25, 0.3) is 0 Å². The van der Waals surface area contributed by atoms with Gasteiger partial charge in [0.15, 0.2) is 0 Å². The number of rotatable bonds is 8. The van der Waals surface area contributed by atoms with E-state index in [-0.39, 0.29) is 17.2 Å². The molecule has 1 amide bonds. The summed E-state index contributed by atoms with van der Waals surface area (Å²) in [5.74, 6) is -0.195. The van der Waals surface area contributed by atoms with Crippen LogP contribution in [0.5, 0.6) is 5.75 Å². The molecule has 0 saturated carbocycles. The SMILES string of the molecule is COC(=O)c1ccc(NC(=O)CCc2cc(S(=O)(=O)N(C)C)ccc2OC)cc1. The van der Waals surface area contributed by atoms with Crippen LogP contribution in [0.15, 0.2) is 47.4 Å². The molecular weight excluding hydrogens is 396 g/mol. The summed E-state index contributed by atoms with van der Waals surface area (Å²) >= 11 is 0. The maximum Gasteiger partial charge on any atom is 0.337 e. The topological polar surface area (TPSA) is 102 Å². The maximum atomic E-state index is 12.3. The first-order chi connectivity index (χ1) is 13.7. The van der Waals surface area contributed by atoms with Crippen molar-refractivity contribution in [1.29, 1.82) is 0 Å². The van der Waals surface area contributed by atoms with Gasteiger partial charge < -0.3 is 14.8 Å². The van der Waals surface area contributed by atoms with Crippen LogP contribution >= 0.6 is 0 Å². The Hall–Kier alpha value is -2.91. The van der Waals surface area contributed by atoms with E-state index in [4.69, 9.17) is 4.74 Å². The van der Waals surface area contributed by atoms with Gasteiger partial charge >= 0.3 is 5.97 Å². The first kappa shape index (κ1) is 22.4. The van der Waals surface area contributed by atoms with Gasteiger partial charge in [-0.3, -0.25) is 4.79 Å². The predicted octanol–water partition coefficient (Wildman–Crippen LogP) is 2.30. The number of anilines is 1. The fraction of sp³-hybridized carbons (Fsp3) is 0.300. The van der Waals surface area contributed by atoms with Crippen molar-refractivity contribution in [1.82, 2.24) is 4.31 Å². The molecule has 0 atom stereocenters. The van der Waals surface area contributed by atoms with E-state index < -0.39 is 16.0 Å². The minimum atomic E-state index is -3.59. The molecule has 0 radical (unpaired) electrons. The van der Waals surface area contributed by atoms with Gasteiger partial charge in [0, 0.05) is 26.2 Å². The maximum absolute atomic E-state index is 12.3. The van der Waals surface area contributed by atoms with Crippen LogP contribution in [0, 0.1) is 0 Å². The molecule has 0 heterocycles. The zero-order chi connectivity index (χ0) is 21.6. The summed E-state index contributed by atoms with van der Waals surface area (Å²) in [4.78, 5) is 23.9. The molecule has 156 valence electrons. The van der Waals surface area contributed by atoms with Crippen molar-refractivity contribution >= 4 is 27.6 Å². The standard InChI is InChI=1S/C20H24N2O6S/c1-22(2)29(25,26)17-10-11-18(27-3)15(13-17)7-12-19(23)21-16-8-5-14(6-9-16)20(24)28-4/h5-6,8-11,13H,7,12H2,1-4H3,(H,21,23). The molecule has 2 aromatic rings. The number of hydrogen-bond acceptors (Lipinski definition) is 6. The van der Waals surface area contributed by atoms with Crippen LogP contribution in [0.25, 0.3) is 0 Å². The van der Waals surface area contributed by atoms with E-state index in [1.165, 1.54) is 40.4 Å². The third-order valence-electron chi connectivity index (χ3n) is 4.24. The van der Waals surface area contributed by atoms with Gasteiger partial charge in [0.2, 0.25) is 15.9 Å². The van der Waals surface area contributed by atoms with Gasteiger partial charge in [0.1, 0.15) is 5.75 Å². The van der Waals surface area contributed by atoms with E-state index in [9.17, 15) is 18.0 Å². The summed E-state index contributed by atoms with van der Waals surface area (Å²) in [6, 6.07) is 10.9. The molecule has 0 aliphatic rings. The van der Waals surface area contributed by atoms with Crippen LogP contribution in [0.4, 0.5) is 5.69 Å². The van der Waals surface area contributed by atoms with Gasteiger partial charge in [-0.1, -0.05) is 0 Å². The predicted molar refractivity (Wildman–Crippen MR) is 109 cm³/mol. The number of nitrogens with zero attached hydrogens (tertiary/aromatic N) is 1. The first-order valence-electron chi connectivity index (χ1n) is 8.76. The number of ether oxygens (including phenoxy) is 2. The molecule has 8 nitrogen and oxygen atoms in total. The van der Waals surface area contributed by atoms with Gasteiger partial charge in [-0.25, -0.2) is 17.5 Å². The van der Waals surface area contributed by atoms with Gasteiger partial charge in [-0.15, -0.1) is 0 Å². The van der Waals surface area contributed by atoms with Crippen molar-refractivity contribution in [3.8, 4) is 5.75 Å². The van der Waals surface area contributed by atoms with Gasteiger partial charge in [-0.05, 0) is 54.4 Å². The molecule has 0 bridgehead atoms. The molecule has 29 heavy (non-hydrogen) atoms. The third kappa shape index (κ3) is 5.55. The summed E-state index contributed by atoms with van der Waals surface area (Å²) in [5.41, 5.74) is 1.54. The van der Waals surface area contributed by atoms with Crippen molar-refractivity contribution < 1.29 is 27.5 Å². The zero-order valence-corrected chi connectivity index (χ0v) is 17.6. The molecule has 2 aromatic carbocycles. The monoisotopic (exact) mass is 420 g/mol. The van der Waals surface area contributed by atoms with Crippen molar-refractivity contribution in [3.05, 3.63) is 53.6 Å². The average molecular weight is 420 g/mol. The second-order valence-electron chi connectivity index (χ2n) is 6.38. The van der Waals surface area contributed by atoms with E-state index in [1.54, 1.807) is 30.3 Å². The highest BCUT2D eigenvalue weighted by molar-refractivity contribution is 7.89. The summed E-state index contributed by atoms with van der Waals surface area (Å²) in [6.07, 6.45) is 0.423. The number of carbonyl (C=O) groups is 2. The number of nitrogens with one attached hydrogen (secondary N) is 1. The number of carbonyl (C=O) groups excluding carboxylic acids is 2. The minimum Gasteiger partial charge on any atom is -0.496 e. The number of benzene rings is 2. The number of amides is 1. The summed E-state index contributed by atoms with van der Waals surface area (Å²) in [7, 11) is 2.11. The zero-order valence-electron chi connectivity index (χ0n) is 16.8. The fourth-order valence-corrected chi connectivity index (χ4v) is 3.55. The Labute approximate surface area is 170 Å². The highest BCUT2D eigenvalue weighted by Crippen LogP contribution is 2.25. The lowest BCUT2D eigenvalue weighted by atomic mass is 10.1. The molecule has 1 N–H and O–H groups in total. The van der Waals surface area contributed by atoms with Crippen LogP contribution < -0.4 is 10.1 Å². The molecule has 0 saturated heterocycles. The van der Waals surface area contributed by atoms with Gasteiger partial charge in [0.05, 0.1) is 24.7 Å². The largest absolute Gasteiger partial charge is 0.496 e. The molecule has 0 aromatic heterocycles. The normalized spacial score (nSPS) is 11.2. The number of aryl methyl sites for hydroxylation is 1. The Bertz CT molecular complexity index is 985. The first-order valence-corrected chi connectivity index (χ1v) is 10.2. The lowest BCUT2D eigenvalue weighted by Crippen LogP contribution is -2.22. The number of methoxy groups -OCH3 is 2. The lowest BCUT2D eigenvalue weighted by molar-refractivity contribution is -0.116. The average Bonchev–Trinajstić information content (AvgIpc) is 2.71. The van der Waals surface area contributed by atoms with E-state index >= 15 is 0 Å². The Morgan fingerprint density at radius 1 is 1.03 bits per heavy atom. The van der Waals surface area contributed by atoms with Crippen LogP contribution in [0.1, 0.15) is 22.3 Å².